The highest BCUT2D eigenvalue weighted by atomic mass is 32.1. The molecule has 2 atom stereocenters. The van der Waals surface area contributed by atoms with Gasteiger partial charge in [-0.1, -0.05) is 36.5 Å². The Labute approximate surface area is 106 Å². The Bertz CT molecular complexity index is 385. The molecule has 4 nitrogen and oxygen atoms in total. The number of aliphatic hydroxyl groups is 2. The minimum absolute atomic E-state index is 0.223. The Morgan fingerprint density at radius 2 is 2.06 bits per heavy atom. The predicted molar refractivity (Wildman–Crippen MR) is 71.8 cm³/mol. The maximum absolute atomic E-state index is 10.1. The molecule has 1 rings (SSSR count). The Kier molecular flexibility index (Phi) is 5.50. The summed E-state index contributed by atoms with van der Waals surface area (Å²) in [6.07, 6.45) is -1.34. The average Bonchev–Trinajstić information content (AvgIpc) is 2.34. The Morgan fingerprint density at radius 1 is 1.41 bits per heavy atom. The molecule has 0 amide bonds. The van der Waals surface area contributed by atoms with E-state index in [1.54, 1.807) is 31.3 Å². The molecule has 0 aliphatic carbocycles. The van der Waals surface area contributed by atoms with E-state index in [2.05, 4.69) is 5.32 Å². The monoisotopic (exact) mass is 254 g/mol. The van der Waals surface area contributed by atoms with E-state index in [-0.39, 0.29) is 4.99 Å². The van der Waals surface area contributed by atoms with Crippen LogP contribution in [0.25, 0.3) is 0 Å². The van der Waals surface area contributed by atoms with Crippen molar-refractivity contribution in [2.24, 2.45) is 5.73 Å². The molecule has 5 heteroatoms. The van der Waals surface area contributed by atoms with Gasteiger partial charge in [-0.05, 0) is 25.6 Å². The van der Waals surface area contributed by atoms with Crippen LogP contribution in [0.15, 0.2) is 24.3 Å². The fourth-order valence-electron chi connectivity index (χ4n) is 1.64. The van der Waals surface area contributed by atoms with Gasteiger partial charge in [0.1, 0.15) is 11.1 Å². The van der Waals surface area contributed by atoms with Crippen molar-refractivity contribution in [1.29, 1.82) is 0 Å². The number of thiocarbonyl (C=S) groups is 1. The predicted octanol–water partition coefficient (Wildman–Crippen LogP) is 0.325. The van der Waals surface area contributed by atoms with Crippen LogP contribution in [0, 0.1) is 0 Å². The molecule has 0 aliphatic rings. The van der Waals surface area contributed by atoms with E-state index in [1.165, 1.54) is 0 Å². The Balaban J connectivity index is 2.87. The second-order valence-corrected chi connectivity index (χ2v) is 4.30. The lowest BCUT2D eigenvalue weighted by Crippen LogP contribution is -2.25. The first-order valence-corrected chi connectivity index (χ1v) is 5.88. The van der Waals surface area contributed by atoms with Crippen molar-refractivity contribution in [2.45, 2.75) is 18.6 Å². The van der Waals surface area contributed by atoms with Crippen molar-refractivity contribution in [1.82, 2.24) is 5.32 Å². The highest BCUT2D eigenvalue weighted by Gasteiger charge is 2.21. The first-order chi connectivity index (χ1) is 8.07. The standard InChI is InChI=1S/C12H18N2O2S/c1-14-7-6-10(15)11(16)8-4-2-3-5-9(8)12(13)17/h2-5,10-11,14-16H,6-7H2,1H3,(H2,13,17). The molecular formula is C12H18N2O2S. The highest BCUT2D eigenvalue weighted by molar-refractivity contribution is 7.80. The molecule has 17 heavy (non-hydrogen) atoms. The molecule has 94 valence electrons. The van der Waals surface area contributed by atoms with E-state index in [1.807, 2.05) is 0 Å². The SMILES string of the molecule is CNCCC(O)C(O)c1ccccc1C(N)=S. The van der Waals surface area contributed by atoms with Crippen LogP contribution in [0.5, 0.6) is 0 Å². The molecule has 0 spiro atoms. The largest absolute Gasteiger partial charge is 0.390 e. The van der Waals surface area contributed by atoms with E-state index < -0.39 is 12.2 Å². The van der Waals surface area contributed by atoms with Gasteiger partial charge in [0.2, 0.25) is 0 Å². The molecule has 0 aromatic heterocycles. The second kappa shape index (κ2) is 6.66. The van der Waals surface area contributed by atoms with Gasteiger partial charge in [-0.25, -0.2) is 0 Å². The molecule has 5 N–H and O–H groups in total. The highest BCUT2D eigenvalue weighted by Crippen LogP contribution is 2.22. The maximum Gasteiger partial charge on any atom is 0.106 e. The molecule has 0 radical (unpaired) electrons. The summed E-state index contributed by atoms with van der Waals surface area (Å²) in [5.41, 5.74) is 6.76. The molecule has 0 fully saturated rings. The number of nitrogens with one attached hydrogen (secondary N) is 1. The van der Waals surface area contributed by atoms with Gasteiger partial charge in [-0.2, -0.15) is 0 Å². The van der Waals surface area contributed by atoms with E-state index in [0.29, 0.717) is 24.1 Å². The summed E-state index contributed by atoms with van der Waals surface area (Å²) in [5, 5.41) is 22.8. The number of hydrogen-bond acceptors (Lipinski definition) is 4. The zero-order valence-corrected chi connectivity index (χ0v) is 10.6. The van der Waals surface area contributed by atoms with Crippen LogP contribution in [0.4, 0.5) is 0 Å². The van der Waals surface area contributed by atoms with Crippen LogP contribution in [-0.4, -0.2) is 34.9 Å². The molecular weight excluding hydrogens is 236 g/mol. The second-order valence-electron chi connectivity index (χ2n) is 3.86. The topological polar surface area (TPSA) is 78.5 Å². The molecule has 0 heterocycles. The molecule has 0 saturated carbocycles. The first-order valence-electron chi connectivity index (χ1n) is 5.47. The number of rotatable bonds is 6. The lowest BCUT2D eigenvalue weighted by Gasteiger charge is -2.20. The van der Waals surface area contributed by atoms with Crippen molar-refractivity contribution in [2.75, 3.05) is 13.6 Å². The van der Waals surface area contributed by atoms with Crippen molar-refractivity contribution < 1.29 is 10.2 Å². The van der Waals surface area contributed by atoms with Crippen LogP contribution in [-0.2, 0) is 0 Å². The Morgan fingerprint density at radius 3 is 2.65 bits per heavy atom. The zero-order chi connectivity index (χ0) is 12.8. The summed E-state index contributed by atoms with van der Waals surface area (Å²) in [6, 6.07) is 7.04. The number of nitrogens with two attached hydrogens (primary N) is 1. The van der Waals surface area contributed by atoms with Crippen molar-refractivity contribution in [3.63, 3.8) is 0 Å². The molecule has 1 aromatic carbocycles. The number of aliphatic hydroxyl groups excluding tert-OH is 2. The lowest BCUT2D eigenvalue weighted by atomic mass is 9.97. The van der Waals surface area contributed by atoms with Crippen LogP contribution in [0.1, 0.15) is 23.7 Å². The summed E-state index contributed by atoms with van der Waals surface area (Å²) in [4.78, 5) is 0.223. The van der Waals surface area contributed by atoms with Crippen LogP contribution in [0.2, 0.25) is 0 Å². The van der Waals surface area contributed by atoms with Gasteiger partial charge in [0, 0.05) is 5.56 Å². The summed E-state index contributed by atoms with van der Waals surface area (Å²) in [5.74, 6) is 0. The average molecular weight is 254 g/mol. The molecule has 2 unspecified atom stereocenters. The van der Waals surface area contributed by atoms with Crippen molar-refractivity contribution in [3.05, 3.63) is 35.4 Å². The summed E-state index contributed by atoms with van der Waals surface area (Å²) in [7, 11) is 1.79. The third-order valence-corrected chi connectivity index (χ3v) is 2.82. The van der Waals surface area contributed by atoms with E-state index in [9.17, 15) is 10.2 Å². The fourth-order valence-corrected chi connectivity index (χ4v) is 1.82. The third kappa shape index (κ3) is 3.74. The van der Waals surface area contributed by atoms with Crippen LogP contribution < -0.4 is 11.1 Å². The van der Waals surface area contributed by atoms with Gasteiger partial charge in [-0.15, -0.1) is 0 Å². The lowest BCUT2D eigenvalue weighted by molar-refractivity contribution is 0.0139. The van der Waals surface area contributed by atoms with E-state index in [0.717, 1.165) is 0 Å². The maximum atomic E-state index is 10.1. The molecule has 1 aromatic rings. The third-order valence-electron chi connectivity index (χ3n) is 2.60. The van der Waals surface area contributed by atoms with Gasteiger partial charge < -0.3 is 21.3 Å². The summed E-state index contributed by atoms with van der Waals surface area (Å²) in [6.45, 7) is 0.632. The van der Waals surface area contributed by atoms with Crippen molar-refractivity contribution in [3.8, 4) is 0 Å². The minimum atomic E-state index is -0.971. The Hall–Kier alpha value is -1.01. The minimum Gasteiger partial charge on any atom is -0.390 e. The fraction of sp³-hybridized carbons (Fsp3) is 0.417. The summed E-state index contributed by atoms with van der Waals surface area (Å²) >= 11 is 4.92. The van der Waals surface area contributed by atoms with E-state index in [4.69, 9.17) is 18.0 Å². The van der Waals surface area contributed by atoms with Gasteiger partial charge >= 0.3 is 0 Å². The molecule has 0 aliphatic heterocycles. The van der Waals surface area contributed by atoms with Crippen LogP contribution >= 0.6 is 12.2 Å². The van der Waals surface area contributed by atoms with Gasteiger partial charge in [0.15, 0.2) is 0 Å². The quantitative estimate of drug-likeness (QED) is 0.550. The number of hydrogen-bond donors (Lipinski definition) is 4. The first kappa shape index (κ1) is 14.1. The normalized spacial score (nSPS) is 14.3. The number of benzene rings is 1. The smallest absolute Gasteiger partial charge is 0.106 e. The van der Waals surface area contributed by atoms with Gasteiger partial charge in [0.25, 0.3) is 0 Å². The van der Waals surface area contributed by atoms with Gasteiger partial charge in [0.05, 0.1) is 6.10 Å². The van der Waals surface area contributed by atoms with Crippen LogP contribution in [0.3, 0.4) is 0 Å². The van der Waals surface area contributed by atoms with Crippen molar-refractivity contribution >= 4 is 17.2 Å². The summed E-state index contributed by atoms with van der Waals surface area (Å²) < 4.78 is 0. The molecule has 0 bridgehead atoms. The van der Waals surface area contributed by atoms with Gasteiger partial charge in [-0.3, -0.25) is 0 Å². The molecule has 0 saturated heterocycles. The zero-order valence-electron chi connectivity index (χ0n) is 9.76. The van der Waals surface area contributed by atoms with E-state index >= 15 is 0 Å².